The van der Waals surface area contributed by atoms with Gasteiger partial charge in [-0.15, -0.1) is 0 Å². The van der Waals surface area contributed by atoms with E-state index in [2.05, 4.69) is 11.8 Å². The number of hydrogen-bond donors (Lipinski definition) is 1. The Kier molecular flexibility index (Phi) is 6.70. The normalized spacial score (nSPS) is 39.6. The summed E-state index contributed by atoms with van der Waals surface area (Å²) < 4.78 is 29.0. The van der Waals surface area contributed by atoms with Crippen molar-refractivity contribution in [2.75, 3.05) is 26.2 Å². The first kappa shape index (κ1) is 21.1. The summed E-state index contributed by atoms with van der Waals surface area (Å²) in [6, 6.07) is 0.568. The van der Waals surface area contributed by atoms with Gasteiger partial charge >= 0.3 is 0 Å². The van der Waals surface area contributed by atoms with E-state index in [0.717, 1.165) is 38.6 Å². The van der Waals surface area contributed by atoms with Gasteiger partial charge in [0.25, 0.3) is 0 Å². The summed E-state index contributed by atoms with van der Waals surface area (Å²) in [5.41, 5.74) is 0. The van der Waals surface area contributed by atoms with Gasteiger partial charge in [-0.2, -0.15) is 0 Å². The summed E-state index contributed by atoms with van der Waals surface area (Å²) in [4.78, 5) is 2.45. The van der Waals surface area contributed by atoms with Gasteiger partial charge in [0.15, 0.2) is 0 Å². The summed E-state index contributed by atoms with van der Waals surface area (Å²) in [7, 11) is -3.23. The Labute approximate surface area is 171 Å². The summed E-state index contributed by atoms with van der Waals surface area (Å²) in [6.45, 7) is 4.73. The number of aliphatic hydroxyl groups excluding tert-OH is 1. The maximum absolute atomic E-state index is 13.6. The van der Waals surface area contributed by atoms with E-state index in [9.17, 15) is 13.5 Å². The summed E-state index contributed by atoms with van der Waals surface area (Å²) in [6.07, 6.45) is 12.5. The third kappa shape index (κ3) is 3.91. The quantitative estimate of drug-likeness (QED) is 0.770. The molecule has 0 spiro atoms. The monoisotopic (exact) mass is 412 g/mol. The maximum atomic E-state index is 13.6. The lowest BCUT2D eigenvalue weighted by atomic mass is 9.66. The highest BCUT2D eigenvalue weighted by Gasteiger charge is 2.53. The van der Waals surface area contributed by atoms with E-state index in [1.807, 2.05) is 4.31 Å². The van der Waals surface area contributed by atoms with Crippen LogP contribution in [0, 0.1) is 17.8 Å². The number of nitrogens with zero attached hydrogens (tertiary/aromatic N) is 2. The molecule has 2 aliphatic heterocycles. The first-order valence-electron chi connectivity index (χ1n) is 11.9. The van der Waals surface area contributed by atoms with E-state index in [1.54, 1.807) is 0 Å². The molecule has 5 nitrogen and oxygen atoms in total. The Morgan fingerprint density at radius 1 is 0.893 bits per heavy atom. The van der Waals surface area contributed by atoms with Gasteiger partial charge in [-0.25, -0.2) is 12.7 Å². The smallest absolute Gasteiger partial charge is 0.217 e. The van der Waals surface area contributed by atoms with Crippen molar-refractivity contribution < 1.29 is 13.5 Å². The lowest BCUT2D eigenvalue weighted by molar-refractivity contribution is -0.120. The fourth-order valence-corrected chi connectivity index (χ4v) is 9.12. The summed E-state index contributed by atoms with van der Waals surface area (Å²) in [5, 5.41) is 9.89. The topological polar surface area (TPSA) is 60.9 Å². The highest BCUT2D eigenvalue weighted by Crippen LogP contribution is 2.45. The van der Waals surface area contributed by atoms with Gasteiger partial charge in [-0.3, -0.25) is 4.90 Å². The highest BCUT2D eigenvalue weighted by atomic mass is 32.2. The SMILES string of the molecule is CC1CCCCC1S(=O)(=O)N1CCCCN2C(C1)[C@H](C1CCCCC1)[C@H]2CO. The molecule has 1 N–H and O–H groups in total. The zero-order chi connectivity index (χ0) is 19.7. The number of sulfonamides is 1. The molecule has 6 heteroatoms. The third-order valence-corrected chi connectivity index (χ3v) is 10.9. The Bertz CT molecular complexity index is 619. The molecule has 4 rings (SSSR count). The van der Waals surface area contributed by atoms with E-state index >= 15 is 0 Å². The van der Waals surface area contributed by atoms with Crippen molar-refractivity contribution in [3.63, 3.8) is 0 Å². The van der Waals surface area contributed by atoms with Crippen LogP contribution >= 0.6 is 0 Å². The minimum absolute atomic E-state index is 0.184. The van der Waals surface area contributed by atoms with Gasteiger partial charge in [-0.05, 0) is 50.0 Å². The molecule has 0 amide bonds. The average molecular weight is 413 g/mol. The minimum atomic E-state index is -3.23. The molecule has 0 aromatic carbocycles. The molecule has 0 bridgehead atoms. The Morgan fingerprint density at radius 3 is 2.29 bits per heavy atom. The highest BCUT2D eigenvalue weighted by molar-refractivity contribution is 7.89. The first-order chi connectivity index (χ1) is 13.5. The van der Waals surface area contributed by atoms with Crippen LogP contribution in [-0.2, 0) is 10.0 Å². The molecule has 4 fully saturated rings. The molecule has 2 saturated carbocycles. The molecule has 0 aromatic rings. The second kappa shape index (κ2) is 8.91. The number of fused-ring (bicyclic) bond motifs is 1. The zero-order valence-corrected chi connectivity index (χ0v) is 18.5. The Hall–Kier alpha value is -0.170. The van der Waals surface area contributed by atoms with Crippen LogP contribution in [0.15, 0.2) is 0 Å². The van der Waals surface area contributed by atoms with Crippen molar-refractivity contribution in [3.05, 3.63) is 0 Å². The number of rotatable bonds is 4. The standard InChI is InChI=1S/C22H40N2O3S/c1-17-9-5-6-12-21(17)28(26,27)23-13-7-8-14-24-19(15-23)22(20(24)16-25)18-10-3-2-4-11-18/h17-22,25H,2-16H2,1H3/t17?,19?,20-,21?,22+/m1/s1. The average Bonchev–Trinajstić information content (AvgIpc) is 2.67. The van der Waals surface area contributed by atoms with Crippen molar-refractivity contribution in [2.24, 2.45) is 17.8 Å². The molecule has 0 radical (unpaired) electrons. The lowest BCUT2D eigenvalue weighted by Crippen LogP contribution is -2.71. The van der Waals surface area contributed by atoms with Gasteiger partial charge in [0.1, 0.15) is 0 Å². The largest absolute Gasteiger partial charge is 0.395 e. The Morgan fingerprint density at radius 2 is 1.57 bits per heavy atom. The predicted octanol–water partition coefficient (Wildman–Crippen LogP) is 3.23. The molecule has 3 unspecified atom stereocenters. The van der Waals surface area contributed by atoms with Gasteiger partial charge in [0, 0.05) is 25.2 Å². The minimum Gasteiger partial charge on any atom is -0.395 e. The molecule has 0 aromatic heterocycles. The molecule has 5 atom stereocenters. The van der Waals surface area contributed by atoms with Crippen LogP contribution in [0.4, 0.5) is 0 Å². The summed E-state index contributed by atoms with van der Waals surface area (Å²) >= 11 is 0. The molecular weight excluding hydrogens is 372 g/mol. The summed E-state index contributed by atoms with van der Waals surface area (Å²) in [5.74, 6) is 1.43. The van der Waals surface area contributed by atoms with Crippen LogP contribution < -0.4 is 0 Å². The third-order valence-electron chi connectivity index (χ3n) is 8.36. The van der Waals surface area contributed by atoms with Crippen LogP contribution in [0.5, 0.6) is 0 Å². The van der Waals surface area contributed by atoms with Crippen molar-refractivity contribution in [3.8, 4) is 0 Å². The molecular formula is C22H40N2O3S. The first-order valence-corrected chi connectivity index (χ1v) is 13.4. The molecule has 2 aliphatic carbocycles. The van der Waals surface area contributed by atoms with Crippen LogP contribution in [0.3, 0.4) is 0 Å². The molecule has 28 heavy (non-hydrogen) atoms. The van der Waals surface area contributed by atoms with E-state index < -0.39 is 10.0 Å². The van der Waals surface area contributed by atoms with Crippen LogP contribution in [0.1, 0.15) is 77.6 Å². The van der Waals surface area contributed by atoms with Gasteiger partial charge in [0.05, 0.1) is 11.9 Å². The van der Waals surface area contributed by atoms with Crippen molar-refractivity contribution in [1.29, 1.82) is 0 Å². The fraction of sp³-hybridized carbons (Fsp3) is 1.00. The van der Waals surface area contributed by atoms with Crippen LogP contribution in [0.2, 0.25) is 0 Å². The zero-order valence-electron chi connectivity index (χ0n) is 17.6. The van der Waals surface area contributed by atoms with Gasteiger partial charge < -0.3 is 5.11 Å². The second-order valence-electron chi connectivity index (χ2n) is 9.94. The Balaban J connectivity index is 1.53. The fourth-order valence-electron chi connectivity index (χ4n) is 6.81. The maximum Gasteiger partial charge on any atom is 0.217 e. The van der Waals surface area contributed by atoms with Gasteiger partial charge in [-0.1, -0.05) is 51.9 Å². The van der Waals surface area contributed by atoms with Crippen molar-refractivity contribution in [2.45, 2.75) is 94.9 Å². The van der Waals surface area contributed by atoms with Crippen LogP contribution in [-0.4, -0.2) is 66.3 Å². The number of aliphatic hydroxyl groups is 1. The van der Waals surface area contributed by atoms with Crippen LogP contribution in [0.25, 0.3) is 0 Å². The second-order valence-corrected chi connectivity index (χ2v) is 12.1. The molecule has 162 valence electrons. The van der Waals surface area contributed by atoms with Crippen molar-refractivity contribution in [1.82, 2.24) is 9.21 Å². The lowest BCUT2D eigenvalue weighted by Gasteiger charge is -2.60. The molecule has 4 aliphatic rings. The van der Waals surface area contributed by atoms with E-state index in [-0.39, 0.29) is 23.8 Å². The number of hydrogen-bond acceptors (Lipinski definition) is 4. The van der Waals surface area contributed by atoms with Crippen molar-refractivity contribution >= 4 is 10.0 Å². The van der Waals surface area contributed by atoms with E-state index in [0.29, 0.717) is 31.0 Å². The van der Waals surface area contributed by atoms with Gasteiger partial charge in [0.2, 0.25) is 10.0 Å². The molecule has 2 heterocycles. The van der Waals surface area contributed by atoms with E-state index in [4.69, 9.17) is 0 Å². The van der Waals surface area contributed by atoms with E-state index in [1.165, 1.54) is 38.5 Å². The predicted molar refractivity (Wildman–Crippen MR) is 113 cm³/mol. The molecule has 2 saturated heterocycles.